The molecule has 1 nitrogen and oxygen atoms in total. The molecule has 0 aromatic heterocycles. The summed E-state index contributed by atoms with van der Waals surface area (Å²) in [6.45, 7) is 3.34. The Labute approximate surface area is 86.5 Å². The molecular weight excluding hydrogens is 170 g/mol. The van der Waals surface area contributed by atoms with Crippen molar-refractivity contribution in [3.05, 3.63) is 41.8 Å². The highest BCUT2D eigenvalue weighted by atomic mass is 14.9. The molecule has 0 fully saturated rings. The van der Waals surface area contributed by atoms with Gasteiger partial charge in [-0.25, -0.2) is 0 Å². The van der Waals surface area contributed by atoms with Gasteiger partial charge in [0.05, 0.1) is 0 Å². The summed E-state index contributed by atoms with van der Waals surface area (Å²) in [6, 6.07) is 9.26. The Balaban J connectivity index is 2.14. The van der Waals surface area contributed by atoms with E-state index in [-0.39, 0.29) is 0 Å². The SMILES string of the molecule is CCC[CH]C1NCCc2ccccc21. The third kappa shape index (κ3) is 1.98. The van der Waals surface area contributed by atoms with E-state index in [0.29, 0.717) is 6.04 Å². The first-order chi connectivity index (χ1) is 6.92. The second kappa shape index (κ2) is 4.61. The molecule has 0 bridgehead atoms. The molecule has 75 valence electrons. The van der Waals surface area contributed by atoms with Crippen LogP contribution in [0.25, 0.3) is 0 Å². The zero-order valence-corrected chi connectivity index (χ0v) is 8.79. The van der Waals surface area contributed by atoms with Crippen molar-refractivity contribution in [2.75, 3.05) is 6.54 Å². The van der Waals surface area contributed by atoms with E-state index < -0.39 is 0 Å². The molecule has 1 aliphatic rings. The maximum atomic E-state index is 3.55. The summed E-state index contributed by atoms with van der Waals surface area (Å²) >= 11 is 0. The van der Waals surface area contributed by atoms with Gasteiger partial charge in [0.25, 0.3) is 0 Å². The van der Waals surface area contributed by atoms with Gasteiger partial charge >= 0.3 is 0 Å². The highest BCUT2D eigenvalue weighted by Gasteiger charge is 2.17. The summed E-state index contributed by atoms with van der Waals surface area (Å²) in [5, 5.41) is 3.55. The monoisotopic (exact) mass is 188 g/mol. The molecule has 1 aromatic rings. The Morgan fingerprint density at radius 3 is 3.14 bits per heavy atom. The Hall–Kier alpha value is -0.820. The number of fused-ring (bicyclic) bond motifs is 1. The molecule has 0 spiro atoms. The lowest BCUT2D eigenvalue weighted by atomic mass is 9.91. The van der Waals surface area contributed by atoms with Crippen LogP contribution in [0.1, 0.15) is 36.9 Å². The molecule has 0 saturated heterocycles. The van der Waals surface area contributed by atoms with Crippen LogP contribution in [0, 0.1) is 6.42 Å². The van der Waals surface area contributed by atoms with Gasteiger partial charge < -0.3 is 5.32 Å². The summed E-state index contributed by atoms with van der Waals surface area (Å²) in [4.78, 5) is 0. The quantitative estimate of drug-likeness (QED) is 0.769. The van der Waals surface area contributed by atoms with E-state index in [9.17, 15) is 0 Å². The van der Waals surface area contributed by atoms with Gasteiger partial charge in [-0.1, -0.05) is 37.6 Å². The lowest BCUT2D eigenvalue weighted by Crippen LogP contribution is -2.29. The van der Waals surface area contributed by atoms with Gasteiger partial charge in [-0.3, -0.25) is 0 Å². The molecule has 1 heterocycles. The first-order valence-corrected chi connectivity index (χ1v) is 5.56. The van der Waals surface area contributed by atoms with E-state index in [1.807, 2.05) is 0 Å². The standard InChI is InChI=1S/C13H18N/c1-2-3-8-13-12-7-5-4-6-11(12)9-10-14-13/h4-8,13-14H,2-3,9-10H2,1H3. The van der Waals surface area contributed by atoms with Gasteiger partial charge in [0.15, 0.2) is 0 Å². The van der Waals surface area contributed by atoms with Crippen LogP contribution in [-0.4, -0.2) is 6.54 Å². The molecule has 1 aromatic carbocycles. The topological polar surface area (TPSA) is 12.0 Å². The largest absolute Gasteiger partial charge is 0.309 e. The van der Waals surface area contributed by atoms with Gasteiger partial charge in [-0.2, -0.15) is 0 Å². The second-order valence-electron chi connectivity index (χ2n) is 3.90. The number of nitrogens with one attached hydrogen (secondary N) is 1. The molecule has 14 heavy (non-hydrogen) atoms. The average molecular weight is 188 g/mol. The van der Waals surface area contributed by atoms with Crippen LogP contribution >= 0.6 is 0 Å². The number of hydrogen-bond acceptors (Lipinski definition) is 1. The van der Waals surface area contributed by atoms with E-state index >= 15 is 0 Å². The molecule has 0 amide bonds. The molecule has 0 aliphatic carbocycles. The average Bonchev–Trinajstić information content (AvgIpc) is 2.26. The maximum Gasteiger partial charge on any atom is 0.0354 e. The van der Waals surface area contributed by atoms with Crippen LogP contribution in [0.2, 0.25) is 0 Å². The third-order valence-electron chi connectivity index (χ3n) is 2.84. The minimum Gasteiger partial charge on any atom is -0.309 e. The Morgan fingerprint density at radius 1 is 1.43 bits per heavy atom. The number of benzene rings is 1. The van der Waals surface area contributed by atoms with Crippen molar-refractivity contribution >= 4 is 0 Å². The van der Waals surface area contributed by atoms with Crippen molar-refractivity contribution in [1.29, 1.82) is 0 Å². The van der Waals surface area contributed by atoms with E-state index in [2.05, 4.69) is 42.9 Å². The van der Waals surface area contributed by atoms with Crippen LogP contribution < -0.4 is 5.32 Å². The Bertz CT molecular complexity index is 293. The van der Waals surface area contributed by atoms with Crippen molar-refractivity contribution in [2.24, 2.45) is 0 Å². The molecule has 0 saturated carbocycles. The lowest BCUT2D eigenvalue weighted by molar-refractivity contribution is 0.538. The molecule has 1 atom stereocenters. The number of unbranched alkanes of at least 4 members (excludes halogenated alkanes) is 1. The molecule has 1 aliphatic heterocycles. The minimum absolute atomic E-state index is 0.486. The van der Waals surface area contributed by atoms with Gasteiger partial charge in [0, 0.05) is 6.04 Å². The molecular formula is C13H18N. The molecule has 1 heteroatoms. The first kappa shape index (κ1) is 9.72. The zero-order valence-electron chi connectivity index (χ0n) is 8.79. The lowest BCUT2D eigenvalue weighted by Gasteiger charge is -2.26. The van der Waals surface area contributed by atoms with Crippen molar-refractivity contribution in [3.8, 4) is 0 Å². The van der Waals surface area contributed by atoms with Crippen LogP contribution in [-0.2, 0) is 6.42 Å². The van der Waals surface area contributed by atoms with E-state index in [4.69, 9.17) is 0 Å². The summed E-state index contributed by atoms with van der Waals surface area (Å²) in [5.41, 5.74) is 3.00. The number of hydrogen-bond donors (Lipinski definition) is 1. The van der Waals surface area contributed by atoms with Gasteiger partial charge in [0.1, 0.15) is 0 Å². The molecule has 1 radical (unpaired) electrons. The fraction of sp³-hybridized carbons (Fsp3) is 0.462. The van der Waals surface area contributed by atoms with Crippen LogP contribution in [0.3, 0.4) is 0 Å². The predicted octanol–water partition coefficient (Wildman–Crippen LogP) is 2.88. The Morgan fingerprint density at radius 2 is 2.29 bits per heavy atom. The van der Waals surface area contributed by atoms with Gasteiger partial charge in [-0.15, -0.1) is 0 Å². The van der Waals surface area contributed by atoms with E-state index in [1.54, 1.807) is 0 Å². The third-order valence-corrected chi connectivity index (χ3v) is 2.84. The summed E-state index contributed by atoms with van der Waals surface area (Å²) in [5.74, 6) is 0. The zero-order chi connectivity index (χ0) is 9.80. The highest BCUT2D eigenvalue weighted by molar-refractivity contribution is 5.33. The second-order valence-corrected chi connectivity index (χ2v) is 3.90. The maximum absolute atomic E-state index is 3.55. The van der Waals surface area contributed by atoms with Crippen molar-refractivity contribution in [2.45, 2.75) is 32.2 Å². The normalized spacial score (nSPS) is 20.5. The number of rotatable bonds is 3. The van der Waals surface area contributed by atoms with Crippen LogP contribution in [0.4, 0.5) is 0 Å². The molecule has 2 rings (SSSR count). The van der Waals surface area contributed by atoms with E-state index in [1.165, 1.54) is 30.4 Å². The van der Waals surface area contributed by atoms with Gasteiger partial charge in [-0.05, 0) is 36.9 Å². The van der Waals surface area contributed by atoms with E-state index in [0.717, 1.165) is 6.54 Å². The summed E-state index contributed by atoms with van der Waals surface area (Å²) < 4.78 is 0. The molecule has 1 unspecified atom stereocenters. The Kier molecular flexibility index (Phi) is 3.20. The smallest absolute Gasteiger partial charge is 0.0354 e. The van der Waals surface area contributed by atoms with Crippen molar-refractivity contribution < 1.29 is 0 Å². The van der Waals surface area contributed by atoms with Crippen molar-refractivity contribution in [3.63, 3.8) is 0 Å². The van der Waals surface area contributed by atoms with Gasteiger partial charge in [0.2, 0.25) is 0 Å². The predicted molar refractivity (Wildman–Crippen MR) is 60.1 cm³/mol. The summed E-state index contributed by atoms with van der Waals surface area (Å²) in [6.07, 6.45) is 6.01. The fourth-order valence-corrected chi connectivity index (χ4v) is 2.08. The highest BCUT2D eigenvalue weighted by Crippen LogP contribution is 2.25. The van der Waals surface area contributed by atoms with Crippen LogP contribution in [0.15, 0.2) is 24.3 Å². The summed E-state index contributed by atoms with van der Waals surface area (Å²) in [7, 11) is 0. The van der Waals surface area contributed by atoms with Crippen LogP contribution in [0.5, 0.6) is 0 Å². The first-order valence-electron chi connectivity index (χ1n) is 5.56. The van der Waals surface area contributed by atoms with Crippen molar-refractivity contribution in [1.82, 2.24) is 5.32 Å². The minimum atomic E-state index is 0.486. The fourth-order valence-electron chi connectivity index (χ4n) is 2.08. The molecule has 1 N–H and O–H groups in total.